The Balaban J connectivity index is 1.95. The monoisotopic (exact) mass is 129 g/mol. The van der Waals surface area contributed by atoms with Crippen LogP contribution in [-0.4, -0.2) is 36.0 Å². The van der Waals surface area contributed by atoms with Gasteiger partial charge in [-0.05, 0) is 11.7 Å². The third-order valence-corrected chi connectivity index (χ3v) is 3.12. The lowest BCUT2D eigenvalue weighted by Gasteiger charge is -2.35. The van der Waals surface area contributed by atoms with Gasteiger partial charge in [-0.3, -0.25) is 0 Å². The van der Waals surface area contributed by atoms with Gasteiger partial charge in [0.2, 0.25) is 0 Å². The summed E-state index contributed by atoms with van der Waals surface area (Å²) >= 11 is 2.12. The van der Waals surface area contributed by atoms with E-state index in [9.17, 15) is 0 Å². The normalized spacial score (nSPS) is 45.0. The van der Waals surface area contributed by atoms with Gasteiger partial charge in [-0.1, -0.05) is 0 Å². The van der Waals surface area contributed by atoms with Gasteiger partial charge in [0.15, 0.2) is 0 Å². The van der Waals surface area contributed by atoms with Crippen molar-refractivity contribution in [2.24, 2.45) is 5.92 Å². The molecule has 3 aliphatic heterocycles. The molecule has 0 radical (unpaired) electrons. The van der Waals surface area contributed by atoms with Crippen molar-refractivity contribution in [3.63, 3.8) is 0 Å². The van der Waals surface area contributed by atoms with Crippen molar-refractivity contribution in [2.75, 3.05) is 31.1 Å². The van der Waals surface area contributed by atoms with Crippen LogP contribution in [0.15, 0.2) is 0 Å². The van der Waals surface area contributed by atoms with Crippen LogP contribution in [-0.2, 0) is 0 Å². The third kappa shape index (κ3) is 0.759. The van der Waals surface area contributed by atoms with Crippen LogP contribution in [0, 0.1) is 5.92 Å². The molecule has 8 heavy (non-hydrogen) atoms. The largest absolute Gasteiger partial charge is 0.302 e. The van der Waals surface area contributed by atoms with E-state index in [1.807, 2.05) is 0 Å². The minimum Gasteiger partial charge on any atom is -0.302 e. The molecule has 46 valence electrons. The van der Waals surface area contributed by atoms with Crippen LogP contribution in [0.5, 0.6) is 0 Å². The molecular weight excluding hydrogens is 118 g/mol. The molecule has 0 amide bonds. The molecule has 0 aromatic heterocycles. The lowest BCUT2D eigenvalue weighted by molar-refractivity contribution is 0.130. The van der Waals surface area contributed by atoms with Crippen molar-refractivity contribution >= 4 is 11.8 Å². The molecule has 3 rings (SSSR count). The summed E-state index contributed by atoms with van der Waals surface area (Å²) in [5.74, 6) is 3.86. The number of thioether (sulfide) groups is 1. The van der Waals surface area contributed by atoms with Crippen molar-refractivity contribution in [2.45, 2.75) is 0 Å². The zero-order valence-electron chi connectivity index (χ0n) is 4.97. The van der Waals surface area contributed by atoms with Crippen LogP contribution in [0.4, 0.5) is 0 Å². The molecule has 0 N–H and O–H groups in total. The molecule has 1 nitrogen and oxygen atoms in total. The fourth-order valence-electron chi connectivity index (χ4n) is 1.41. The predicted molar refractivity (Wildman–Crippen MR) is 37.3 cm³/mol. The van der Waals surface area contributed by atoms with E-state index < -0.39 is 0 Å². The van der Waals surface area contributed by atoms with E-state index in [2.05, 4.69) is 16.7 Å². The van der Waals surface area contributed by atoms with Gasteiger partial charge in [0.1, 0.15) is 0 Å². The third-order valence-electron chi connectivity index (χ3n) is 1.94. The highest BCUT2D eigenvalue weighted by atomic mass is 32.2. The number of nitrogens with zero attached hydrogens (tertiary/aromatic N) is 1. The fourth-order valence-corrected chi connectivity index (χ4v) is 2.51. The number of rotatable bonds is 0. The van der Waals surface area contributed by atoms with Crippen LogP contribution in [0.1, 0.15) is 0 Å². The molecule has 0 aliphatic carbocycles. The number of hydrogen-bond acceptors (Lipinski definition) is 2. The Labute approximate surface area is 54.4 Å². The maximum Gasteiger partial charge on any atom is 0.00726 e. The first-order valence-corrected chi connectivity index (χ1v) is 4.41. The summed E-state index contributed by atoms with van der Waals surface area (Å²) in [5.41, 5.74) is 0. The molecule has 3 heterocycles. The molecule has 0 spiro atoms. The summed E-state index contributed by atoms with van der Waals surface area (Å²) in [4.78, 5) is 2.55. The first kappa shape index (κ1) is 5.12. The van der Waals surface area contributed by atoms with Crippen LogP contribution in [0.3, 0.4) is 0 Å². The van der Waals surface area contributed by atoms with Crippen molar-refractivity contribution in [3.8, 4) is 0 Å². The van der Waals surface area contributed by atoms with Crippen molar-refractivity contribution in [1.29, 1.82) is 0 Å². The second kappa shape index (κ2) is 1.92. The summed E-state index contributed by atoms with van der Waals surface area (Å²) < 4.78 is 0. The van der Waals surface area contributed by atoms with E-state index in [1.165, 1.54) is 31.1 Å². The average molecular weight is 129 g/mol. The Morgan fingerprint density at radius 3 is 3.12 bits per heavy atom. The van der Waals surface area contributed by atoms with Gasteiger partial charge < -0.3 is 4.90 Å². The molecule has 0 unspecified atom stereocenters. The second-order valence-electron chi connectivity index (χ2n) is 2.70. The molecular formula is C6H11NS. The highest BCUT2D eigenvalue weighted by Crippen LogP contribution is 2.24. The van der Waals surface area contributed by atoms with E-state index in [0.717, 1.165) is 5.92 Å². The van der Waals surface area contributed by atoms with Gasteiger partial charge in [0.05, 0.1) is 0 Å². The Hall–Kier alpha value is 0.310. The van der Waals surface area contributed by atoms with Crippen LogP contribution >= 0.6 is 11.8 Å². The molecule has 0 aromatic carbocycles. The van der Waals surface area contributed by atoms with Crippen molar-refractivity contribution in [3.05, 3.63) is 0 Å². The maximum atomic E-state index is 2.55. The molecule has 2 bridgehead atoms. The first-order chi connectivity index (χ1) is 3.95. The van der Waals surface area contributed by atoms with E-state index in [4.69, 9.17) is 0 Å². The second-order valence-corrected chi connectivity index (χ2v) is 3.85. The summed E-state index contributed by atoms with van der Waals surface area (Å²) in [7, 11) is 0. The van der Waals surface area contributed by atoms with Gasteiger partial charge in [0, 0.05) is 25.4 Å². The number of fused-ring (bicyclic) bond motifs is 3. The first-order valence-electron chi connectivity index (χ1n) is 3.25. The summed E-state index contributed by atoms with van der Waals surface area (Å²) in [6.07, 6.45) is 0. The van der Waals surface area contributed by atoms with Crippen molar-refractivity contribution in [1.82, 2.24) is 4.90 Å². The van der Waals surface area contributed by atoms with Gasteiger partial charge in [0.25, 0.3) is 0 Å². The van der Waals surface area contributed by atoms with Gasteiger partial charge in [-0.25, -0.2) is 0 Å². The zero-order chi connectivity index (χ0) is 5.40. The Bertz CT molecular complexity index is 73.0. The molecule has 3 fully saturated rings. The zero-order valence-corrected chi connectivity index (χ0v) is 5.78. The fraction of sp³-hybridized carbons (Fsp3) is 1.00. The Kier molecular flexibility index (Phi) is 1.23. The van der Waals surface area contributed by atoms with Gasteiger partial charge in [-0.15, -0.1) is 0 Å². The maximum absolute atomic E-state index is 2.55. The average Bonchev–Trinajstić information content (AvgIpc) is 1.89. The van der Waals surface area contributed by atoms with E-state index in [0.29, 0.717) is 0 Å². The predicted octanol–water partition coefficient (Wildman–Crippen LogP) is 0.665. The highest BCUT2D eigenvalue weighted by Gasteiger charge is 2.28. The van der Waals surface area contributed by atoms with Crippen LogP contribution < -0.4 is 0 Å². The lowest BCUT2D eigenvalue weighted by Crippen LogP contribution is -2.46. The quantitative estimate of drug-likeness (QED) is 0.473. The molecule has 0 atom stereocenters. The SMILES string of the molecule is C1CN2CC(CS1)C2. The van der Waals surface area contributed by atoms with E-state index in [-0.39, 0.29) is 0 Å². The highest BCUT2D eigenvalue weighted by molar-refractivity contribution is 7.99. The molecule has 2 heteroatoms. The number of hydrogen-bond donors (Lipinski definition) is 0. The summed E-state index contributed by atoms with van der Waals surface area (Å²) in [6.45, 7) is 4.14. The summed E-state index contributed by atoms with van der Waals surface area (Å²) in [5, 5.41) is 0. The smallest absolute Gasteiger partial charge is 0.00726 e. The van der Waals surface area contributed by atoms with E-state index in [1.54, 1.807) is 0 Å². The Morgan fingerprint density at radius 1 is 1.38 bits per heavy atom. The van der Waals surface area contributed by atoms with Gasteiger partial charge >= 0.3 is 0 Å². The topological polar surface area (TPSA) is 3.24 Å². The standard InChI is InChI=1S/C6H11NS/c1-2-8-5-6-3-7(1)4-6/h6H,1-5H2. The van der Waals surface area contributed by atoms with Crippen LogP contribution in [0.2, 0.25) is 0 Å². The molecule has 3 aliphatic rings. The summed E-state index contributed by atoms with van der Waals surface area (Å²) in [6, 6.07) is 0. The van der Waals surface area contributed by atoms with Crippen molar-refractivity contribution < 1.29 is 0 Å². The van der Waals surface area contributed by atoms with Crippen LogP contribution in [0.25, 0.3) is 0 Å². The van der Waals surface area contributed by atoms with Gasteiger partial charge in [-0.2, -0.15) is 11.8 Å². The minimum atomic E-state index is 1.06. The molecule has 3 saturated heterocycles. The Morgan fingerprint density at radius 2 is 2.25 bits per heavy atom. The minimum absolute atomic E-state index is 1.06. The van der Waals surface area contributed by atoms with E-state index >= 15 is 0 Å². The molecule has 0 aromatic rings. The molecule has 0 saturated carbocycles. The lowest BCUT2D eigenvalue weighted by atomic mass is 10.0.